The summed E-state index contributed by atoms with van der Waals surface area (Å²) in [7, 11) is 0. The highest BCUT2D eigenvalue weighted by Gasteiger charge is 2.16. The SMILES string of the molecule is CCCNC(CCC)Cc1nc(C(C)OCC)no1. The van der Waals surface area contributed by atoms with Gasteiger partial charge in [-0.25, -0.2) is 0 Å². The molecule has 1 rings (SSSR count). The standard InChI is InChI=1S/C14H27N3O2/c1-5-8-12(15-9-6-2)10-13-16-14(17-19-13)11(4)18-7-3/h11-12,15H,5-10H2,1-4H3. The van der Waals surface area contributed by atoms with Crippen LogP contribution in [-0.4, -0.2) is 29.3 Å². The molecule has 2 atom stereocenters. The molecular weight excluding hydrogens is 242 g/mol. The zero-order valence-electron chi connectivity index (χ0n) is 12.6. The summed E-state index contributed by atoms with van der Waals surface area (Å²) < 4.78 is 10.8. The van der Waals surface area contributed by atoms with Gasteiger partial charge in [-0.15, -0.1) is 0 Å². The lowest BCUT2D eigenvalue weighted by atomic mass is 10.1. The van der Waals surface area contributed by atoms with Crippen molar-refractivity contribution >= 4 is 0 Å². The molecule has 0 radical (unpaired) electrons. The first-order valence-electron chi connectivity index (χ1n) is 7.38. The summed E-state index contributed by atoms with van der Waals surface area (Å²) in [5.74, 6) is 1.34. The van der Waals surface area contributed by atoms with E-state index in [0.717, 1.165) is 32.2 Å². The van der Waals surface area contributed by atoms with Gasteiger partial charge < -0.3 is 14.6 Å². The summed E-state index contributed by atoms with van der Waals surface area (Å²) in [4.78, 5) is 4.42. The minimum atomic E-state index is -0.101. The number of rotatable bonds is 10. The highest BCUT2D eigenvalue weighted by atomic mass is 16.5. The summed E-state index contributed by atoms with van der Waals surface area (Å²) in [6.07, 6.45) is 4.10. The van der Waals surface area contributed by atoms with Crippen LogP contribution >= 0.6 is 0 Å². The number of hydrogen-bond donors (Lipinski definition) is 1. The van der Waals surface area contributed by atoms with Crippen LogP contribution in [0.25, 0.3) is 0 Å². The van der Waals surface area contributed by atoms with Gasteiger partial charge in [0, 0.05) is 19.1 Å². The van der Waals surface area contributed by atoms with Gasteiger partial charge in [0.25, 0.3) is 0 Å². The van der Waals surface area contributed by atoms with E-state index in [2.05, 4.69) is 29.3 Å². The third-order valence-electron chi connectivity index (χ3n) is 3.01. The second kappa shape index (κ2) is 9.04. The molecule has 0 saturated carbocycles. The summed E-state index contributed by atoms with van der Waals surface area (Å²) in [5.41, 5.74) is 0. The molecule has 5 heteroatoms. The molecule has 5 nitrogen and oxygen atoms in total. The van der Waals surface area contributed by atoms with Gasteiger partial charge in [0.2, 0.25) is 5.89 Å². The third-order valence-corrected chi connectivity index (χ3v) is 3.01. The smallest absolute Gasteiger partial charge is 0.228 e. The molecule has 1 heterocycles. The van der Waals surface area contributed by atoms with E-state index in [1.807, 2.05) is 13.8 Å². The van der Waals surface area contributed by atoms with Crippen molar-refractivity contribution in [3.63, 3.8) is 0 Å². The summed E-state index contributed by atoms with van der Waals surface area (Å²) in [5, 5.41) is 7.51. The summed E-state index contributed by atoms with van der Waals surface area (Å²) >= 11 is 0. The highest BCUT2D eigenvalue weighted by molar-refractivity contribution is 4.92. The van der Waals surface area contributed by atoms with Crippen LogP contribution in [0.5, 0.6) is 0 Å². The maximum Gasteiger partial charge on any atom is 0.228 e. The summed E-state index contributed by atoms with van der Waals surface area (Å²) in [6, 6.07) is 0.417. The maximum absolute atomic E-state index is 5.46. The normalized spacial score (nSPS) is 14.5. The predicted octanol–water partition coefficient (Wildman–Crippen LogP) is 2.88. The first-order chi connectivity index (χ1) is 9.21. The molecule has 0 bridgehead atoms. The van der Waals surface area contributed by atoms with Crippen molar-refractivity contribution in [3.8, 4) is 0 Å². The molecule has 0 aromatic carbocycles. The molecular formula is C14H27N3O2. The fourth-order valence-corrected chi connectivity index (χ4v) is 2.02. The lowest BCUT2D eigenvalue weighted by Gasteiger charge is -2.15. The molecule has 1 N–H and O–H groups in total. The number of nitrogens with zero attached hydrogens (tertiary/aromatic N) is 2. The van der Waals surface area contributed by atoms with Crippen molar-refractivity contribution in [2.45, 2.75) is 65.5 Å². The highest BCUT2D eigenvalue weighted by Crippen LogP contribution is 2.14. The van der Waals surface area contributed by atoms with Gasteiger partial charge in [-0.05, 0) is 33.2 Å². The van der Waals surface area contributed by atoms with Crippen LogP contribution in [0.1, 0.15) is 64.8 Å². The molecule has 0 amide bonds. The average Bonchev–Trinajstić information content (AvgIpc) is 2.85. The van der Waals surface area contributed by atoms with E-state index in [1.165, 1.54) is 0 Å². The Morgan fingerprint density at radius 1 is 1.26 bits per heavy atom. The lowest BCUT2D eigenvalue weighted by Crippen LogP contribution is -2.31. The molecule has 0 aliphatic heterocycles. The maximum atomic E-state index is 5.46. The molecule has 1 aromatic heterocycles. The Morgan fingerprint density at radius 3 is 2.68 bits per heavy atom. The minimum Gasteiger partial charge on any atom is -0.371 e. The molecule has 19 heavy (non-hydrogen) atoms. The zero-order valence-corrected chi connectivity index (χ0v) is 12.6. The van der Waals surface area contributed by atoms with Crippen LogP contribution in [0.15, 0.2) is 4.52 Å². The Hall–Kier alpha value is -0.940. The number of nitrogens with one attached hydrogen (secondary N) is 1. The molecule has 0 aliphatic carbocycles. The van der Waals surface area contributed by atoms with Gasteiger partial charge in [0.15, 0.2) is 5.82 Å². The fourth-order valence-electron chi connectivity index (χ4n) is 2.02. The number of aromatic nitrogens is 2. The molecule has 2 unspecified atom stereocenters. The topological polar surface area (TPSA) is 60.2 Å². The van der Waals surface area contributed by atoms with Gasteiger partial charge in [-0.1, -0.05) is 25.4 Å². The van der Waals surface area contributed by atoms with E-state index in [4.69, 9.17) is 9.26 Å². The summed E-state index contributed by atoms with van der Waals surface area (Å²) in [6.45, 7) is 9.95. The van der Waals surface area contributed by atoms with E-state index < -0.39 is 0 Å². The Morgan fingerprint density at radius 2 is 2.05 bits per heavy atom. The van der Waals surface area contributed by atoms with E-state index in [9.17, 15) is 0 Å². The van der Waals surface area contributed by atoms with Gasteiger partial charge in [0.1, 0.15) is 6.10 Å². The van der Waals surface area contributed by atoms with Crippen molar-refractivity contribution < 1.29 is 9.26 Å². The van der Waals surface area contributed by atoms with Crippen molar-refractivity contribution in [1.29, 1.82) is 0 Å². The Bertz CT molecular complexity index is 341. The van der Waals surface area contributed by atoms with Crippen LogP contribution in [0, 0.1) is 0 Å². The Kier molecular flexibility index (Phi) is 7.67. The predicted molar refractivity (Wildman–Crippen MR) is 75.0 cm³/mol. The van der Waals surface area contributed by atoms with Gasteiger partial charge in [0.05, 0.1) is 0 Å². The van der Waals surface area contributed by atoms with Gasteiger partial charge >= 0.3 is 0 Å². The van der Waals surface area contributed by atoms with E-state index in [-0.39, 0.29) is 6.10 Å². The number of ether oxygens (including phenoxy) is 1. The Labute approximate surface area is 116 Å². The largest absolute Gasteiger partial charge is 0.371 e. The van der Waals surface area contributed by atoms with Crippen molar-refractivity contribution in [2.75, 3.05) is 13.2 Å². The second-order valence-corrected chi connectivity index (χ2v) is 4.79. The zero-order chi connectivity index (χ0) is 14.1. The van der Waals surface area contributed by atoms with E-state index in [0.29, 0.717) is 24.4 Å². The van der Waals surface area contributed by atoms with Crippen molar-refractivity contribution in [2.24, 2.45) is 0 Å². The van der Waals surface area contributed by atoms with Crippen LogP contribution in [-0.2, 0) is 11.2 Å². The first kappa shape index (κ1) is 16.1. The second-order valence-electron chi connectivity index (χ2n) is 4.79. The molecule has 110 valence electrons. The van der Waals surface area contributed by atoms with E-state index >= 15 is 0 Å². The lowest BCUT2D eigenvalue weighted by molar-refractivity contribution is 0.0683. The van der Waals surface area contributed by atoms with Crippen molar-refractivity contribution in [3.05, 3.63) is 11.7 Å². The van der Waals surface area contributed by atoms with Crippen LogP contribution in [0.4, 0.5) is 0 Å². The fraction of sp³-hybridized carbons (Fsp3) is 0.857. The molecule has 0 saturated heterocycles. The Balaban J connectivity index is 2.54. The average molecular weight is 269 g/mol. The molecule has 1 aromatic rings. The van der Waals surface area contributed by atoms with Crippen LogP contribution in [0.3, 0.4) is 0 Å². The van der Waals surface area contributed by atoms with E-state index in [1.54, 1.807) is 0 Å². The first-order valence-corrected chi connectivity index (χ1v) is 7.38. The quantitative estimate of drug-likeness (QED) is 0.707. The number of hydrogen-bond acceptors (Lipinski definition) is 5. The third kappa shape index (κ3) is 5.70. The van der Waals surface area contributed by atoms with Crippen LogP contribution in [0.2, 0.25) is 0 Å². The minimum absolute atomic E-state index is 0.101. The molecule has 0 fully saturated rings. The van der Waals surface area contributed by atoms with Crippen LogP contribution < -0.4 is 5.32 Å². The van der Waals surface area contributed by atoms with Crippen molar-refractivity contribution in [1.82, 2.24) is 15.5 Å². The van der Waals surface area contributed by atoms with Gasteiger partial charge in [-0.3, -0.25) is 0 Å². The molecule has 0 aliphatic rings. The van der Waals surface area contributed by atoms with Gasteiger partial charge in [-0.2, -0.15) is 4.98 Å². The monoisotopic (exact) mass is 269 g/mol. The molecule has 0 spiro atoms.